The van der Waals surface area contributed by atoms with Crippen LogP contribution in [-0.4, -0.2) is 56.3 Å². The summed E-state index contributed by atoms with van der Waals surface area (Å²) in [4.78, 5) is 8.45. The molecular formula is C26H28ClF3N6O. The fourth-order valence-corrected chi connectivity index (χ4v) is 6.26. The van der Waals surface area contributed by atoms with Crippen LogP contribution in [0.2, 0.25) is 5.02 Å². The number of aromatic nitrogens is 4. The van der Waals surface area contributed by atoms with E-state index in [0.29, 0.717) is 23.9 Å². The molecule has 3 aromatic rings. The Kier molecular flexibility index (Phi) is 5.87. The number of methoxy groups -OCH3 is 1. The van der Waals surface area contributed by atoms with Crippen molar-refractivity contribution >= 4 is 17.4 Å². The summed E-state index contributed by atoms with van der Waals surface area (Å²) in [6.45, 7) is 4.30. The summed E-state index contributed by atoms with van der Waals surface area (Å²) in [6.07, 6.45) is 2.48. The monoisotopic (exact) mass is 532 g/mol. The number of halogens is 4. The number of anilines is 1. The number of nitrogens with zero attached hydrogens (tertiary/aromatic N) is 6. The zero-order valence-corrected chi connectivity index (χ0v) is 21.5. The van der Waals surface area contributed by atoms with Gasteiger partial charge in [-0.1, -0.05) is 11.6 Å². The van der Waals surface area contributed by atoms with E-state index in [-0.39, 0.29) is 24.5 Å². The molecule has 0 amide bonds. The summed E-state index contributed by atoms with van der Waals surface area (Å²) in [5.74, 6) is -0.494. The molecule has 11 heteroatoms. The molecule has 37 heavy (non-hydrogen) atoms. The van der Waals surface area contributed by atoms with Crippen LogP contribution in [0.25, 0.3) is 5.69 Å². The van der Waals surface area contributed by atoms with Gasteiger partial charge < -0.3 is 9.64 Å². The Morgan fingerprint density at radius 2 is 1.84 bits per heavy atom. The van der Waals surface area contributed by atoms with E-state index in [1.54, 1.807) is 6.07 Å². The normalized spacial score (nSPS) is 21.1. The number of alkyl halides is 2. The van der Waals surface area contributed by atoms with Crippen molar-refractivity contribution in [3.8, 4) is 11.4 Å². The van der Waals surface area contributed by atoms with Gasteiger partial charge in [-0.3, -0.25) is 9.47 Å². The molecule has 3 aliphatic rings. The van der Waals surface area contributed by atoms with Gasteiger partial charge in [0.15, 0.2) is 17.4 Å². The number of pyridine rings is 1. The molecule has 0 atom stereocenters. The number of benzene rings is 1. The van der Waals surface area contributed by atoms with Crippen LogP contribution < -0.4 is 9.64 Å². The minimum Gasteiger partial charge on any atom is -0.493 e. The lowest BCUT2D eigenvalue weighted by Gasteiger charge is -2.51. The molecule has 2 fully saturated rings. The first-order valence-electron chi connectivity index (χ1n) is 12.5. The summed E-state index contributed by atoms with van der Waals surface area (Å²) < 4.78 is 48.8. The Morgan fingerprint density at radius 3 is 2.54 bits per heavy atom. The summed E-state index contributed by atoms with van der Waals surface area (Å²) in [5, 5.41) is 9.77. The van der Waals surface area contributed by atoms with Crippen molar-refractivity contribution in [2.75, 3.05) is 25.1 Å². The Morgan fingerprint density at radius 1 is 1.08 bits per heavy atom. The van der Waals surface area contributed by atoms with Gasteiger partial charge in [0.25, 0.3) is 5.92 Å². The topological polar surface area (TPSA) is 59.3 Å². The van der Waals surface area contributed by atoms with E-state index >= 15 is 0 Å². The molecule has 2 aliphatic heterocycles. The van der Waals surface area contributed by atoms with Crippen LogP contribution in [-0.2, 0) is 13.1 Å². The van der Waals surface area contributed by atoms with Gasteiger partial charge in [0.1, 0.15) is 11.6 Å². The maximum absolute atomic E-state index is 13.9. The highest BCUT2D eigenvalue weighted by Gasteiger charge is 2.57. The van der Waals surface area contributed by atoms with E-state index in [1.165, 1.54) is 13.3 Å². The molecule has 1 saturated heterocycles. The van der Waals surface area contributed by atoms with E-state index in [9.17, 15) is 13.2 Å². The number of hydrogen-bond acceptors (Lipinski definition) is 6. The fraction of sp³-hybridized carbons (Fsp3) is 0.500. The van der Waals surface area contributed by atoms with Gasteiger partial charge in [0.2, 0.25) is 0 Å². The SMILES string of the molecule is COc1cc(N2CCC(c3nnc4n3-c3ccc(Cl)cc3CN(C3(C)CC(F)(F)C3)C4)CC2)ncc1F. The van der Waals surface area contributed by atoms with E-state index < -0.39 is 17.3 Å². The van der Waals surface area contributed by atoms with Crippen molar-refractivity contribution in [3.63, 3.8) is 0 Å². The molecule has 196 valence electrons. The van der Waals surface area contributed by atoms with Crippen LogP contribution >= 0.6 is 11.6 Å². The average Bonchev–Trinajstić information content (AvgIpc) is 3.18. The highest BCUT2D eigenvalue weighted by molar-refractivity contribution is 6.30. The van der Waals surface area contributed by atoms with Crippen LogP contribution in [0.3, 0.4) is 0 Å². The molecule has 1 aromatic carbocycles. The molecule has 4 heterocycles. The van der Waals surface area contributed by atoms with Gasteiger partial charge in [0.05, 0.1) is 25.5 Å². The number of hydrogen-bond donors (Lipinski definition) is 0. The van der Waals surface area contributed by atoms with Gasteiger partial charge >= 0.3 is 0 Å². The van der Waals surface area contributed by atoms with E-state index in [0.717, 1.165) is 48.8 Å². The second kappa shape index (κ2) is 8.87. The smallest absolute Gasteiger partial charge is 0.251 e. The lowest BCUT2D eigenvalue weighted by Crippen LogP contribution is -2.59. The van der Waals surface area contributed by atoms with Crippen LogP contribution in [0.1, 0.15) is 55.7 Å². The van der Waals surface area contributed by atoms with Crippen molar-refractivity contribution in [1.29, 1.82) is 0 Å². The Balaban J connectivity index is 1.28. The molecule has 6 rings (SSSR count). The minimum atomic E-state index is -2.63. The molecule has 0 spiro atoms. The summed E-state index contributed by atoms with van der Waals surface area (Å²) >= 11 is 6.36. The van der Waals surface area contributed by atoms with Crippen LogP contribution in [0.4, 0.5) is 19.0 Å². The maximum atomic E-state index is 13.9. The number of fused-ring (bicyclic) bond motifs is 3. The van der Waals surface area contributed by atoms with Crippen LogP contribution in [0.15, 0.2) is 30.5 Å². The predicted octanol–water partition coefficient (Wildman–Crippen LogP) is 5.35. The first kappa shape index (κ1) is 24.5. The number of rotatable bonds is 4. The van der Waals surface area contributed by atoms with Crippen molar-refractivity contribution < 1.29 is 17.9 Å². The molecule has 7 nitrogen and oxygen atoms in total. The molecule has 0 bridgehead atoms. The lowest BCUT2D eigenvalue weighted by atomic mass is 9.73. The summed E-state index contributed by atoms with van der Waals surface area (Å²) in [6, 6.07) is 7.36. The largest absolute Gasteiger partial charge is 0.493 e. The molecule has 1 aliphatic carbocycles. The van der Waals surface area contributed by atoms with Gasteiger partial charge in [0, 0.05) is 55.0 Å². The average molecular weight is 533 g/mol. The zero-order valence-electron chi connectivity index (χ0n) is 20.7. The first-order valence-corrected chi connectivity index (χ1v) is 12.8. The second-order valence-corrected chi connectivity index (χ2v) is 11.0. The van der Waals surface area contributed by atoms with E-state index in [2.05, 4.69) is 29.5 Å². The predicted molar refractivity (Wildman–Crippen MR) is 133 cm³/mol. The van der Waals surface area contributed by atoms with Crippen molar-refractivity contribution in [1.82, 2.24) is 24.6 Å². The molecular weight excluding hydrogens is 505 g/mol. The fourth-order valence-electron chi connectivity index (χ4n) is 6.06. The third-order valence-corrected chi connectivity index (χ3v) is 8.22. The quantitative estimate of drug-likeness (QED) is 0.451. The van der Waals surface area contributed by atoms with Crippen LogP contribution in [0.5, 0.6) is 5.75 Å². The summed E-state index contributed by atoms with van der Waals surface area (Å²) in [7, 11) is 1.44. The Bertz CT molecular complexity index is 1330. The highest BCUT2D eigenvalue weighted by Crippen LogP contribution is 2.50. The number of piperidine rings is 1. The zero-order chi connectivity index (χ0) is 25.9. The third kappa shape index (κ3) is 4.33. The molecule has 0 N–H and O–H groups in total. The van der Waals surface area contributed by atoms with E-state index in [1.807, 2.05) is 25.1 Å². The molecule has 1 saturated carbocycles. The maximum Gasteiger partial charge on any atom is 0.251 e. The van der Waals surface area contributed by atoms with Crippen molar-refractivity contribution in [2.45, 2.75) is 63.1 Å². The van der Waals surface area contributed by atoms with Crippen LogP contribution in [0, 0.1) is 5.82 Å². The second-order valence-electron chi connectivity index (χ2n) is 10.6. The standard InChI is InChI=1S/C26H28ClF3N6O/c1-25(14-26(29,30)15-25)35-12-17-9-18(27)3-4-20(17)36-23(13-35)32-33-24(36)16-5-7-34(8-6-16)22-10-21(37-2)19(28)11-31-22/h3-4,9-11,16H,5-8,12-15H2,1-2H3. The number of ether oxygens (including phenoxy) is 1. The lowest BCUT2D eigenvalue weighted by molar-refractivity contribution is -0.173. The molecule has 0 unspecified atom stereocenters. The first-order chi connectivity index (χ1) is 17.7. The van der Waals surface area contributed by atoms with Gasteiger partial charge in [-0.05, 0) is 43.5 Å². The highest BCUT2D eigenvalue weighted by atomic mass is 35.5. The van der Waals surface area contributed by atoms with E-state index in [4.69, 9.17) is 16.3 Å². The van der Waals surface area contributed by atoms with Gasteiger partial charge in [-0.2, -0.15) is 0 Å². The molecule has 2 aromatic heterocycles. The minimum absolute atomic E-state index is 0.151. The molecule has 0 radical (unpaired) electrons. The third-order valence-electron chi connectivity index (χ3n) is 7.98. The Labute approximate surface area is 218 Å². The summed E-state index contributed by atoms with van der Waals surface area (Å²) in [5.41, 5.74) is 1.31. The van der Waals surface area contributed by atoms with Gasteiger partial charge in [-0.15, -0.1) is 10.2 Å². The van der Waals surface area contributed by atoms with Crippen molar-refractivity contribution in [2.24, 2.45) is 0 Å². The van der Waals surface area contributed by atoms with Gasteiger partial charge in [-0.25, -0.2) is 18.2 Å². The Hall–Kier alpha value is -2.85. The van der Waals surface area contributed by atoms with Crippen molar-refractivity contribution in [3.05, 3.63) is 58.5 Å².